The second-order valence-corrected chi connectivity index (χ2v) is 7.79. The third-order valence-electron chi connectivity index (χ3n) is 4.76. The molecule has 2 aromatic rings. The molecule has 0 bridgehead atoms. The molecule has 8 heteroatoms. The van der Waals surface area contributed by atoms with Crippen LogP contribution in [0.2, 0.25) is 0 Å². The molecule has 0 radical (unpaired) electrons. The van der Waals surface area contributed by atoms with E-state index in [0.29, 0.717) is 37.7 Å². The zero-order valence-electron chi connectivity index (χ0n) is 18.1. The van der Waals surface area contributed by atoms with Gasteiger partial charge in [-0.2, -0.15) is 11.3 Å². The van der Waals surface area contributed by atoms with Gasteiger partial charge in [0.2, 0.25) is 0 Å². The van der Waals surface area contributed by atoms with Crippen LogP contribution in [0.3, 0.4) is 0 Å². The van der Waals surface area contributed by atoms with E-state index in [1.54, 1.807) is 23.2 Å². The number of halogens is 1. The summed E-state index contributed by atoms with van der Waals surface area (Å²) in [7, 11) is 0. The maximum atomic E-state index is 12.4. The lowest BCUT2D eigenvalue weighted by Crippen LogP contribution is -2.44. The number of hydrogen-bond acceptors (Lipinski definition) is 4. The molecule has 166 valence electrons. The van der Waals surface area contributed by atoms with Crippen molar-refractivity contribution in [2.24, 2.45) is 4.99 Å². The van der Waals surface area contributed by atoms with Crippen molar-refractivity contribution in [3.8, 4) is 0 Å². The van der Waals surface area contributed by atoms with Gasteiger partial charge in [-0.3, -0.25) is 4.79 Å². The third-order valence-corrected chi connectivity index (χ3v) is 5.44. The molecule has 3 N–H and O–H groups in total. The number of aliphatic imine (C=N–C) groups is 1. The molecule has 30 heavy (non-hydrogen) atoms. The summed E-state index contributed by atoms with van der Waals surface area (Å²) in [5.74, 6) is 0.696. The second kappa shape index (κ2) is 12.9. The Morgan fingerprint density at radius 1 is 1.13 bits per heavy atom. The Morgan fingerprint density at radius 2 is 1.80 bits per heavy atom. The van der Waals surface area contributed by atoms with Gasteiger partial charge in [-0.1, -0.05) is 12.1 Å². The number of carbonyl (C=O) groups is 1. The van der Waals surface area contributed by atoms with Gasteiger partial charge in [0.25, 0.3) is 5.91 Å². The first-order chi connectivity index (χ1) is 13.9. The topological polar surface area (TPSA) is 77.0 Å². The van der Waals surface area contributed by atoms with E-state index in [1.165, 1.54) is 0 Å². The third kappa shape index (κ3) is 7.55. The van der Waals surface area contributed by atoms with Crippen LogP contribution >= 0.6 is 35.3 Å². The lowest BCUT2D eigenvalue weighted by atomic mass is 9.99. The van der Waals surface area contributed by atoms with Crippen molar-refractivity contribution in [1.29, 1.82) is 0 Å². The molecule has 2 rings (SSSR count). The molecule has 0 spiro atoms. The molecule has 0 saturated heterocycles. The molecule has 1 heterocycles. The quantitative estimate of drug-likeness (QED) is 0.255. The van der Waals surface area contributed by atoms with Gasteiger partial charge in [0.15, 0.2) is 5.96 Å². The fourth-order valence-electron chi connectivity index (χ4n) is 2.89. The highest BCUT2D eigenvalue weighted by Gasteiger charge is 2.23. The Balaban J connectivity index is 0.00000450. The van der Waals surface area contributed by atoms with E-state index in [0.717, 1.165) is 17.7 Å². The van der Waals surface area contributed by atoms with Crippen LogP contribution < -0.4 is 10.6 Å². The molecule has 0 aliphatic heterocycles. The lowest BCUT2D eigenvalue weighted by molar-refractivity contribution is 0.0621. The van der Waals surface area contributed by atoms with Gasteiger partial charge in [-0.15, -0.1) is 24.0 Å². The lowest BCUT2D eigenvalue weighted by Gasteiger charge is -2.24. The molecule has 0 aliphatic carbocycles. The van der Waals surface area contributed by atoms with Gasteiger partial charge < -0.3 is 20.6 Å². The summed E-state index contributed by atoms with van der Waals surface area (Å²) in [6, 6.07) is 9.51. The van der Waals surface area contributed by atoms with Crippen LogP contribution in [-0.4, -0.2) is 48.1 Å². The van der Waals surface area contributed by atoms with Gasteiger partial charge in [-0.05, 0) is 67.8 Å². The normalized spacial score (nSPS) is 13.2. The molecule has 0 fully saturated rings. The molecule has 1 aromatic heterocycles. The number of guanidine groups is 1. The summed E-state index contributed by atoms with van der Waals surface area (Å²) in [4.78, 5) is 18.8. The van der Waals surface area contributed by atoms with Crippen molar-refractivity contribution in [2.75, 3.05) is 26.2 Å². The number of aliphatic hydroxyl groups is 1. The van der Waals surface area contributed by atoms with Gasteiger partial charge in [0, 0.05) is 25.2 Å². The molecule has 6 nitrogen and oxygen atoms in total. The van der Waals surface area contributed by atoms with Gasteiger partial charge in [-0.25, -0.2) is 4.99 Å². The van der Waals surface area contributed by atoms with Gasteiger partial charge >= 0.3 is 0 Å². The first-order valence-corrected chi connectivity index (χ1v) is 11.0. The summed E-state index contributed by atoms with van der Waals surface area (Å²) in [5, 5.41) is 21.0. The first kappa shape index (κ1) is 26.4. The van der Waals surface area contributed by atoms with Crippen LogP contribution in [0.5, 0.6) is 0 Å². The maximum absolute atomic E-state index is 12.4. The Kier molecular flexibility index (Phi) is 11.4. The van der Waals surface area contributed by atoms with Crippen LogP contribution in [0.25, 0.3) is 0 Å². The van der Waals surface area contributed by atoms with E-state index >= 15 is 0 Å². The minimum Gasteiger partial charge on any atom is -0.384 e. The smallest absolute Gasteiger partial charge is 0.253 e. The molecular formula is C22H33IN4O2S. The van der Waals surface area contributed by atoms with E-state index in [9.17, 15) is 9.90 Å². The number of rotatable bonds is 9. The van der Waals surface area contributed by atoms with Crippen LogP contribution in [0.4, 0.5) is 0 Å². The fraction of sp³-hybridized carbons (Fsp3) is 0.455. The average Bonchev–Trinajstić information content (AvgIpc) is 3.27. The molecule has 0 saturated carbocycles. The minimum atomic E-state index is -0.970. The van der Waals surface area contributed by atoms with E-state index in [2.05, 4.69) is 15.6 Å². The zero-order chi connectivity index (χ0) is 21.3. The van der Waals surface area contributed by atoms with Crippen molar-refractivity contribution >= 4 is 47.2 Å². The van der Waals surface area contributed by atoms with Crippen molar-refractivity contribution in [1.82, 2.24) is 15.5 Å². The summed E-state index contributed by atoms with van der Waals surface area (Å²) in [6.45, 7) is 10.7. The number of carbonyl (C=O) groups excluding carboxylic acids is 1. The van der Waals surface area contributed by atoms with E-state index in [-0.39, 0.29) is 29.9 Å². The van der Waals surface area contributed by atoms with Crippen molar-refractivity contribution < 1.29 is 9.90 Å². The molecule has 1 atom stereocenters. The van der Waals surface area contributed by atoms with Crippen molar-refractivity contribution in [3.05, 3.63) is 57.8 Å². The SMILES string of the molecule is CCNC(=NCc1ccc(C(=O)N(CC)CC)cc1)NCC(C)(O)c1ccsc1.I. The average molecular weight is 545 g/mol. The number of nitrogens with one attached hydrogen (secondary N) is 2. The van der Waals surface area contributed by atoms with Gasteiger partial charge in [0.1, 0.15) is 5.60 Å². The summed E-state index contributed by atoms with van der Waals surface area (Å²) >= 11 is 1.57. The molecule has 1 aromatic carbocycles. The van der Waals surface area contributed by atoms with Crippen LogP contribution in [0.1, 0.15) is 49.2 Å². The highest BCUT2D eigenvalue weighted by atomic mass is 127. The highest BCUT2D eigenvalue weighted by molar-refractivity contribution is 14.0. The van der Waals surface area contributed by atoms with E-state index in [1.807, 2.05) is 61.9 Å². The predicted molar refractivity (Wildman–Crippen MR) is 136 cm³/mol. The monoisotopic (exact) mass is 544 g/mol. The second-order valence-electron chi connectivity index (χ2n) is 7.01. The molecular weight excluding hydrogens is 511 g/mol. The fourth-order valence-corrected chi connectivity index (χ4v) is 3.67. The number of hydrogen-bond donors (Lipinski definition) is 3. The summed E-state index contributed by atoms with van der Waals surface area (Å²) in [6.07, 6.45) is 0. The number of nitrogens with zero attached hydrogens (tertiary/aromatic N) is 2. The van der Waals surface area contributed by atoms with E-state index < -0.39 is 5.60 Å². The predicted octanol–water partition coefficient (Wildman–Crippen LogP) is 3.81. The largest absolute Gasteiger partial charge is 0.384 e. The Hall–Kier alpha value is -1.65. The molecule has 0 aliphatic rings. The van der Waals surface area contributed by atoms with Gasteiger partial charge in [0.05, 0.1) is 13.1 Å². The van der Waals surface area contributed by atoms with Crippen LogP contribution in [0.15, 0.2) is 46.1 Å². The number of benzene rings is 1. The van der Waals surface area contributed by atoms with Crippen molar-refractivity contribution in [2.45, 2.75) is 39.8 Å². The highest BCUT2D eigenvalue weighted by Crippen LogP contribution is 2.21. The summed E-state index contributed by atoms with van der Waals surface area (Å²) < 4.78 is 0. The molecule has 1 amide bonds. The van der Waals surface area contributed by atoms with Crippen LogP contribution in [-0.2, 0) is 12.1 Å². The standard InChI is InChI=1S/C22H32N4O2S.HI/c1-5-23-21(25-16-22(4,28)19-12-13-29-15-19)24-14-17-8-10-18(11-9-17)20(27)26(6-2)7-3;/h8-13,15,28H,5-7,14,16H2,1-4H3,(H2,23,24,25);1H. The van der Waals surface area contributed by atoms with Crippen LogP contribution in [0, 0.1) is 0 Å². The first-order valence-electron chi connectivity index (χ1n) is 10.1. The minimum absolute atomic E-state index is 0. The Morgan fingerprint density at radius 3 is 2.33 bits per heavy atom. The zero-order valence-corrected chi connectivity index (χ0v) is 21.3. The van der Waals surface area contributed by atoms with Crippen molar-refractivity contribution in [3.63, 3.8) is 0 Å². The van der Waals surface area contributed by atoms with E-state index in [4.69, 9.17) is 0 Å². The Labute approximate surface area is 200 Å². The maximum Gasteiger partial charge on any atom is 0.253 e. The Bertz CT molecular complexity index is 788. The molecule has 1 unspecified atom stereocenters. The number of amides is 1. The number of thiophene rings is 1. The summed E-state index contributed by atoms with van der Waals surface area (Å²) in [5.41, 5.74) is 1.63.